The Balaban J connectivity index is 0.00000176. The number of hydrogen-bond acceptors (Lipinski definition) is 5. The van der Waals surface area contributed by atoms with Crippen molar-refractivity contribution in [2.24, 2.45) is 0 Å². The first-order valence-electron chi connectivity index (χ1n) is 6.95. The number of nitrogens with one attached hydrogen (secondary N) is 3. The van der Waals surface area contributed by atoms with Gasteiger partial charge in [-0.3, -0.25) is 0 Å². The van der Waals surface area contributed by atoms with Gasteiger partial charge >= 0.3 is 29.6 Å². The number of para-hydroxylation sites is 1. The van der Waals surface area contributed by atoms with Crippen molar-refractivity contribution < 1.29 is 34.4 Å². The topological polar surface area (TPSA) is 77.8 Å². The largest absolute Gasteiger partial charge is 1.00 e. The molecule has 0 spiro atoms. The van der Waals surface area contributed by atoms with E-state index >= 15 is 0 Å². The van der Waals surface area contributed by atoms with Crippen LogP contribution in [-0.4, -0.2) is 30.4 Å². The molecule has 5 nitrogen and oxygen atoms in total. The molecule has 1 atom stereocenters. The van der Waals surface area contributed by atoms with Gasteiger partial charge in [-0.25, -0.2) is 0 Å². The molecule has 1 aromatic carbocycles. The first-order chi connectivity index (χ1) is 10.3. The minimum absolute atomic E-state index is 0. The van der Waals surface area contributed by atoms with Gasteiger partial charge in [-0.2, -0.15) is 17.2 Å². The van der Waals surface area contributed by atoms with Gasteiger partial charge in [-0.15, -0.1) is 5.57 Å². The molecule has 7 heteroatoms. The Kier molecular flexibility index (Phi) is 6.40. The van der Waals surface area contributed by atoms with Gasteiger partial charge in [0.2, 0.25) is 0 Å². The number of allylic oxidation sites excluding steroid dienone is 1. The summed E-state index contributed by atoms with van der Waals surface area (Å²) >= 11 is 1.41. The second-order valence-electron chi connectivity index (χ2n) is 5.03. The smallest absolute Gasteiger partial charge is 0.543 e. The van der Waals surface area contributed by atoms with Crippen LogP contribution in [0.4, 0.5) is 0 Å². The summed E-state index contributed by atoms with van der Waals surface area (Å²) in [7, 11) is 0. The van der Waals surface area contributed by atoms with Gasteiger partial charge < -0.3 is 26.1 Å². The van der Waals surface area contributed by atoms with Crippen LogP contribution in [0.15, 0.2) is 30.1 Å². The summed E-state index contributed by atoms with van der Waals surface area (Å²) in [6.07, 6.45) is 3.95. The molecule has 2 heterocycles. The van der Waals surface area contributed by atoms with Crippen LogP contribution in [0.5, 0.6) is 0 Å². The summed E-state index contributed by atoms with van der Waals surface area (Å²) in [4.78, 5) is 15.7. The van der Waals surface area contributed by atoms with Crippen LogP contribution in [0, 0.1) is 0 Å². The fraction of sp³-hybridized carbons (Fsp3) is 0.333. The first kappa shape index (κ1) is 17.4. The number of benzene rings is 1. The summed E-state index contributed by atoms with van der Waals surface area (Å²) < 4.78 is 1.01. The Morgan fingerprint density at radius 1 is 1.45 bits per heavy atom. The van der Waals surface area contributed by atoms with Gasteiger partial charge in [0.1, 0.15) is 0 Å². The summed E-state index contributed by atoms with van der Waals surface area (Å²) in [6, 6.07) is 7.89. The molecule has 1 fully saturated rings. The predicted molar refractivity (Wildman–Crippen MR) is 85.6 cm³/mol. The molecule has 1 aliphatic heterocycles. The molecule has 0 saturated carbocycles. The molecule has 1 aliphatic rings. The number of thiazole rings is 1. The van der Waals surface area contributed by atoms with Gasteiger partial charge in [-0.1, -0.05) is 12.1 Å². The molecule has 1 saturated heterocycles. The molecule has 3 N–H and O–H groups in total. The van der Waals surface area contributed by atoms with Crippen LogP contribution in [0.25, 0.3) is 21.5 Å². The van der Waals surface area contributed by atoms with Crippen molar-refractivity contribution in [1.82, 2.24) is 15.6 Å². The Morgan fingerprint density at radius 2 is 2.27 bits per heavy atom. The minimum Gasteiger partial charge on any atom is -0.543 e. The standard InChI is InChI=1S/C15H16N4OS.Na/c16-14(18-10-4-3-7-17-8-10)11(9-20)15-19-12-5-1-2-6-13(12)21-15;/h1-2,5-6,10,16-18H,3-4,7-8H2;/q-2;+1/b14-11-;/t10-;/m1./s1. The van der Waals surface area contributed by atoms with Crippen molar-refractivity contribution in [2.45, 2.75) is 18.9 Å². The van der Waals surface area contributed by atoms with Crippen molar-refractivity contribution in [2.75, 3.05) is 13.1 Å². The number of carbonyl (C=O) groups excluding carboxylic acids is 1. The Hall–Kier alpha value is -0.920. The van der Waals surface area contributed by atoms with E-state index in [0.717, 1.165) is 36.1 Å². The number of rotatable bonds is 4. The average Bonchev–Trinajstić information content (AvgIpc) is 2.92. The van der Waals surface area contributed by atoms with Crippen LogP contribution in [0.1, 0.15) is 17.8 Å². The van der Waals surface area contributed by atoms with Crippen molar-refractivity contribution in [3.05, 3.63) is 40.8 Å². The predicted octanol–water partition coefficient (Wildman–Crippen LogP) is -0.528. The summed E-state index contributed by atoms with van der Waals surface area (Å²) in [6.45, 7) is 1.83. The summed E-state index contributed by atoms with van der Waals surface area (Å²) in [5, 5.41) is 6.93. The second kappa shape index (κ2) is 8.08. The van der Waals surface area contributed by atoms with E-state index in [9.17, 15) is 4.79 Å². The van der Waals surface area contributed by atoms with E-state index < -0.39 is 0 Å². The quantitative estimate of drug-likeness (QED) is 0.451. The van der Waals surface area contributed by atoms with Crippen LogP contribution in [-0.2, 0) is 4.79 Å². The third-order valence-corrected chi connectivity index (χ3v) is 4.56. The maximum Gasteiger partial charge on any atom is 1.00 e. The Morgan fingerprint density at radius 3 is 2.95 bits per heavy atom. The molecule has 0 amide bonds. The zero-order valence-electron chi connectivity index (χ0n) is 12.5. The van der Waals surface area contributed by atoms with Crippen LogP contribution >= 0.6 is 11.3 Å². The molecule has 0 radical (unpaired) electrons. The number of aromatic nitrogens is 1. The van der Waals surface area contributed by atoms with Crippen molar-refractivity contribution in [3.63, 3.8) is 0 Å². The zero-order chi connectivity index (χ0) is 14.7. The number of fused-ring (bicyclic) bond motifs is 1. The number of nitrogens with zero attached hydrogens (tertiary/aromatic N) is 1. The monoisotopic (exact) mass is 323 g/mol. The van der Waals surface area contributed by atoms with Crippen molar-refractivity contribution >= 4 is 33.4 Å². The average molecular weight is 323 g/mol. The Labute approximate surface area is 155 Å². The number of hydrogen-bond donors (Lipinski definition) is 2. The van der Waals surface area contributed by atoms with Crippen LogP contribution < -0.4 is 40.2 Å². The van der Waals surface area contributed by atoms with Gasteiger partial charge in [-0.05, 0) is 44.1 Å². The molecule has 0 unspecified atom stereocenters. The molecular formula is C15H16N4NaOS-. The first-order valence-corrected chi connectivity index (χ1v) is 7.77. The third-order valence-electron chi connectivity index (χ3n) is 3.51. The SMILES string of the molecule is [NH-]/C(N[C@@H]1CCCNC1)=C(\[C-]=O)c1nc2ccccc2s1.[Na+]. The molecular weight excluding hydrogens is 307 g/mol. The Bertz CT molecular complexity index is 646. The molecule has 1 aromatic heterocycles. The van der Waals surface area contributed by atoms with E-state index in [4.69, 9.17) is 5.73 Å². The zero-order valence-corrected chi connectivity index (χ0v) is 15.3. The van der Waals surface area contributed by atoms with E-state index in [1.54, 1.807) is 0 Å². The second-order valence-corrected chi connectivity index (χ2v) is 6.06. The molecule has 3 rings (SSSR count). The number of piperidine rings is 1. The van der Waals surface area contributed by atoms with Gasteiger partial charge in [0.05, 0.1) is 11.8 Å². The van der Waals surface area contributed by atoms with Gasteiger partial charge in [0.15, 0.2) is 0 Å². The molecule has 110 valence electrons. The van der Waals surface area contributed by atoms with Gasteiger partial charge in [0.25, 0.3) is 0 Å². The molecule has 22 heavy (non-hydrogen) atoms. The fourth-order valence-corrected chi connectivity index (χ4v) is 3.40. The molecule has 2 aromatic rings. The fourth-order valence-electron chi connectivity index (χ4n) is 2.43. The minimum atomic E-state index is 0. The van der Waals surface area contributed by atoms with E-state index in [0.29, 0.717) is 5.01 Å². The summed E-state index contributed by atoms with van der Waals surface area (Å²) in [5.74, 6) is 0.109. The van der Waals surface area contributed by atoms with Crippen LogP contribution in [0.2, 0.25) is 0 Å². The van der Waals surface area contributed by atoms with E-state index in [2.05, 4.69) is 15.6 Å². The van der Waals surface area contributed by atoms with Crippen LogP contribution in [0.3, 0.4) is 0 Å². The molecule has 0 aliphatic carbocycles. The maximum absolute atomic E-state index is 11.3. The van der Waals surface area contributed by atoms with Crippen molar-refractivity contribution in [3.8, 4) is 0 Å². The van der Waals surface area contributed by atoms with E-state index in [1.165, 1.54) is 11.3 Å². The third kappa shape index (κ3) is 3.88. The van der Waals surface area contributed by atoms with E-state index in [-0.39, 0.29) is 47.0 Å². The van der Waals surface area contributed by atoms with Gasteiger partial charge in [0, 0.05) is 9.71 Å². The maximum atomic E-state index is 11.3. The molecule has 0 bridgehead atoms. The summed E-state index contributed by atoms with van der Waals surface area (Å²) in [5.41, 5.74) is 9.18. The van der Waals surface area contributed by atoms with Crippen molar-refractivity contribution in [1.29, 1.82) is 0 Å². The normalized spacial score (nSPS) is 19.2. The van der Waals surface area contributed by atoms with E-state index in [1.807, 2.05) is 30.6 Å².